The lowest BCUT2D eigenvalue weighted by molar-refractivity contribution is -0.131. The van der Waals surface area contributed by atoms with Gasteiger partial charge in [0.15, 0.2) is 0 Å². The molecule has 0 aliphatic carbocycles. The first-order valence-electron chi connectivity index (χ1n) is 7.99. The Hall–Kier alpha value is -1.63. The number of hydrogen-bond donors (Lipinski definition) is 2. The highest BCUT2D eigenvalue weighted by Crippen LogP contribution is 2.13. The van der Waals surface area contributed by atoms with E-state index in [0.29, 0.717) is 24.5 Å². The van der Waals surface area contributed by atoms with E-state index < -0.39 is 6.10 Å². The fourth-order valence-electron chi connectivity index (χ4n) is 2.73. The normalized spacial score (nSPS) is 21.3. The van der Waals surface area contributed by atoms with E-state index in [9.17, 15) is 14.7 Å². The van der Waals surface area contributed by atoms with Crippen molar-refractivity contribution in [3.8, 4) is 0 Å². The number of carbonyl (C=O) groups is 2. The highest BCUT2D eigenvalue weighted by Gasteiger charge is 2.29. The van der Waals surface area contributed by atoms with Crippen LogP contribution in [0.4, 0.5) is 0 Å². The molecular formula is C17H24ClN3O3. The van der Waals surface area contributed by atoms with Crippen LogP contribution in [0.25, 0.3) is 0 Å². The quantitative estimate of drug-likeness (QED) is 0.809. The van der Waals surface area contributed by atoms with E-state index in [0.717, 1.165) is 5.56 Å². The zero-order chi connectivity index (χ0) is 17.7. The Morgan fingerprint density at radius 2 is 2.17 bits per heavy atom. The summed E-state index contributed by atoms with van der Waals surface area (Å²) in [7, 11) is 3.42. The van der Waals surface area contributed by atoms with E-state index in [4.69, 9.17) is 11.6 Å². The molecule has 1 aliphatic rings. The first kappa shape index (κ1) is 18.7. The van der Waals surface area contributed by atoms with Crippen LogP contribution in [0.1, 0.15) is 12.0 Å². The smallest absolute Gasteiger partial charge is 0.236 e. The molecule has 1 saturated heterocycles. The third-order valence-corrected chi connectivity index (χ3v) is 4.36. The van der Waals surface area contributed by atoms with Crippen LogP contribution in [-0.4, -0.2) is 72.6 Å². The maximum absolute atomic E-state index is 12.1. The Bertz CT molecular complexity index is 594. The number of hydrogen-bond acceptors (Lipinski definition) is 4. The van der Waals surface area contributed by atoms with Gasteiger partial charge in [0.1, 0.15) is 0 Å². The number of nitrogens with zero attached hydrogens (tertiary/aromatic N) is 2. The van der Waals surface area contributed by atoms with Crippen LogP contribution >= 0.6 is 11.6 Å². The molecule has 7 heteroatoms. The number of amides is 2. The van der Waals surface area contributed by atoms with Crippen molar-refractivity contribution in [1.29, 1.82) is 0 Å². The minimum absolute atomic E-state index is 0.00522. The lowest BCUT2D eigenvalue weighted by Crippen LogP contribution is -2.55. The molecule has 24 heavy (non-hydrogen) atoms. The largest absolute Gasteiger partial charge is 0.390 e. The summed E-state index contributed by atoms with van der Waals surface area (Å²) in [5.41, 5.74) is 0.837. The Morgan fingerprint density at radius 3 is 2.79 bits per heavy atom. The standard InChI is InChI=1S/C17H24ClN3O3/c1-20(2)17(24)11-21-7-6-14(15(22)10-21)19-16(23)9-12-4-3-5-13(18)8-12/h3-5,8,14-15,22H,6-7,9-11H2,1-2H3,(H,19,23)/t14-,15-/m1/s1. The molecule has 1 aromatic rings. The van der Waals surface area contributed by atoms with Gasteiger partial charge in [0.25, 0.3) is 0 Å². The van der Waals surface area contributed by atoms with E-state index in [1.54, 1.807) is 32.3 Å². The predicted molar refractivity (Wildman–Crippen MR) is 92.8 cm³/mol. The molecule has 2 N–H and O–H groups in total. The van der Waals surface area contributed by atoms with Crippen molar-refractivity contribution in [2.24, 2.45) is 0 Å². The molecule has 1 aromatic carbocycles. The van der Waals surface area contributed by atoms with Gasteiger partial charge in [0.05, 0.1) is 25.1 Å². The van der Waals surface area contributed by atoms with Gasteiger partial charge in [0.2, 0.25) is 11.8 Å². The fraction of sp³-hybridized carbons (Fsp3) is 0.529. The zero-order valence-corrected chi connectivity index (χ0v) is 14.8. The Kier molecular flexibility index (Phi) is 6.60. The number of piperidine rings is 1. The number of carbonyl (C=O) groups excluding carboxylic acids is 2. The number of likely N-dealkylation sites (N-methyl/N-ethyl adjacent to an activating group) is 1. The summed E-state index contributed by atoms with van der Waals surface area (Å²) in [4.78, 5) is 27.3. The molecule has 2 atom stereocenters. The van der Waals surface area contributed by atoms with E-state index in [-0.39, 0.29) is 30.8 Å². The molecule has 2 amide bonds. The van der Waals surface area contributed by atoms with Crippen molar-refractivity contribution in [3.05, 3.63) is 34.9 Å². The fourth-order valence-corrected chi connectivity index (χ4v) is 2.94. The average Bonchev–Trinajstić information content (AvgIpc) is 2.50. The summed E-state index contributed by atoms with van der Waals surface area (Å²) in [6.45, 7) is 1.33. The Labute approximate surface area is 147 Å². The lowest BCUT2D eigenvalue weighted by Gasteiger charge is -2.36. The van der Waals surface area contributed by atoms with Crippen LogP contribution in [0.5, 0.6) is 0 Å². The van der Waals surface area contributed by atoms with Crippen LogP contribution in [0.3, 0.4) is 0 Å². The molecule has 6 nitrogen and oxygen atoms in total. The first-order valence-corrected chi connectivity index (χ1v) is 8.37. The average molecular weight is 354 g/mol. The third kappa shape index (κ3) is 5.47. The maximum atomic E-state index is 12.1. The summed E-state index contributed by atoms with van der Waals surface area (Å²) in [5.74, 6) is -0.134. The van der Waals surface area contributed by atoms with Gasteiger partial charge in [-0.1, -0.05) is 23.7 Å². The van der Waals surface area contributed by atoms with E-state index in [2.05, 4.69) is 5.32 Å². The lowest BCUT2D eigenvalue weighted by atomic mass is 10.0. The van der Waals surface area contributed by atoms with Gasteiger partial charge in [-0.05, 0) is 24.1 Å². The molecule has 0 radical (unpaired) electrons. The van der Waals surface area contributed by atoms with Gasteiger partial charge >= 0.3 is 0 Å². The van der Waals surface area contributed by atoms with Crippen LogP contribution < -0.4 is 5.32 Å². The van der Waals surface area contributed by atoms with Crippen molar-refractivity contribution in [3.63, 3.8) is 0 Å². The maximum Gasteiger partial charge on any atom is 0.236 e. The second-order valence-electron chi connectivity index (χ2n) is 6.36. The summed E-state index contributed by atoms with van der Waals surface area (Å²) in [5, 5.41) is 13.7. The van der Waals surface area contributed by atoms with Crippen LogP contribution in [-0.2, 0) is 16.0 Å². The number of β-amino-alcohol motifs (C(OH)–C–C–N with tert-alkyl or cyclic N) is 1. The highest BCUT2D eigenvalue weighted by molar-refractivity contribution is 6.30. The van der Waals surface area contributed by atoms with E-state index >= 15 is 0 Å². The number of nitrogens with one attached hydrogen (secondary N) is 1. The summed E-state index contributed by atoms with van der Waals surface area (Å²) >= 11 is 5.91. The topological polar surface area (TPSA) is 72.9 Å². The van der Waals surface area contributed by atoms with Gasteiger partial charge in [-0.3, -0.25) is 14.5 Å². The Morgan fingerprint density at radius 1 is 1.42 bits per heavy atom. The van der Waals surface area contributed by atoms with Gasteiger partial charge in [-0.2, -0.15) is 0 Å². The molecule has 132 valence electrons. The van der Waals surface area contributed by atoms with Crippen LogP contribution in [0, 0.1) is 0 Å². The molecule has 0 unspecified atom stereocenters. The summed E-state index contributed by atoms with van der Waals surface area (Å²) < 4.78 is 0. The number of benzene rings is 1. The van der Waals surface area contributed by atoms with Gasteiger partial charge in [0, 0.05) is 32.2 Å². The molecular weight excluding hydrogens is 330 g/mol. The van der Waals surface area contributed by atoms with Crippen LogP contribution in [0.2, 0.25) is 5.02 Å². The first-order chi connectivity index (χ1) is 11.3. The van der Waals surface area contributed by atoms with Gasteiger partial charge in [-0.25, -0.2) is 0 Å². The number of likely N-dealkylation sites (tertiary alicyclic amines) is 1. The SMILES string of the molecule is CN(C)C(=O)CN1CC[C@@H](NC(=O)Cc2cccc(Cl)c2)[C@H](O)C1. The van der Waals surface area contributed by atoms with Crippen molar-refractivity contribution in [2.45, 2.75) is 25.0 Å². The zero-order valence-electron chi connectivity index (χ0n) is 14.0. The number of halogens is 1. The molecule has 1 fully saturated rings. The van der Waals surface area contributed by atoms with Gasteiger partial charge < -0.3 is 15.3 Å². The Balaban J connectivity index is 1.82. The number of aliphatic hydroxyl groups excluding tert-OH is 1. The second-order valence-corrected chi connectivity index (χ2v) is 6.80. The summed E-state index contributed by atoms with van der Waals surface area (Å²) in [6.07, 6.45) is 0.160. The monoisotopic (exact) mass is 353 g/mol. The highest BCUT2D eigenvalue weighted by atomic mass is 35.5. The number of aliphatic hydroxyl groups is 1. The minimum Gasteiger partial charge on any atom is -0.390 e. The van der Waals surface area contributed by atoms with E-state index in [1.165, 1.54) is 4.90 Å². The molecule has 1 heterocycles. The predicted octanol–water partition coefficient (Wildman–Crippen LogP) is 0.522. The molecule has 0 aromatic heterocycles. The second kappa shape index (κ2) is 8.46. The summed E-state index contributed by atoms with van der Waals surface area (Å²) in [6, 6.07) is 6.88. The van der Waals surface area contributed by atoms with Crippen molar-refractivity contribution >= 4 is 23.4 Å². The minimum atomic E-state index is -0.683. The number of rotatable bonds is 5. The van der Waals surface area contributed by atoms with Crippen molar-refractivity contribution in [2.75, 3.05) is 33.7 Å². The molecule has 2 rings (SSSR count). The molecule has 0 bridgehead atoms. The molecule has 0 saturated carbocycles. The third-order valence-electron chi connectivity index (χ3n) is 4.12. The van der Waals surface area contributed by atoms with Crippen molar-refractivity contribution in [1.82, 2.24) is 15.1 Å². The molecule has 0 spiro atoms. The molecule has 1 aliphatic heterocycles. The van der Waals surface area contributed by atoms with E-state index in [1.807, 2.05) is 11.0 Å². The van der Waals surface area contributed by atoms with Crippen LogP contribution in [0.15, 0.2) is 24.3 Å². The van der Waals surface area contributed by atoms with Crippen molar-refractivity contribution < 1.29 is 14.7 Å². The van der Waals surface area contributed by atoms with Gasteiger partial charge in [-0.15, -0.1) is 0 Å².